The quantitative estimate of drug-likeness (QED) is 0.729. The van der Waals surface area contributed by atoms with Gasteiger partial charge in [-0.05, 0) is 30.7 Å². The number of aryl methyl sites for hydroxylation is 1. The van der Waals surface area contributed by atoms with Crippen LogP contribution in [0.15, 0.2) is 36.4 Å². The predicted octanol–water partition coefficient (Wildman–Crippen LogP) is 3.81. The van der Waals surface area contributed by atoms with Gasteiger partial charge in [-0.25, -0.2) is 8.78 Å². The standard InChI is InChI=1S/C14H9F2N/c1-9-6-10(8-17)12(7-14(9)16)11-4-2-3-5-13(11)15/h2-7H,1H3. The molecule has 0 N–H and O–H groups in total. The Balaban J connectivity index is 2.72. The zero-order valence-corrected chi connectivity index (χ0v) is 9.17. The second kappa shape index (κ2) is 4.34. The molecule has 2 rings (SSSR count). The summed E-state index contributed by atoms with van der Waals surface area (Å²) in [4.78, 5) is 0. The van der Waals surface area contributed by atoms with Crippen LogP contribution in [0.3, 0.4) is 0 Å². The number of benzene rings is 2. The van der Waals surface area contributed by atoms with Gasteiger partial charge >= 0.3 is 0 Å². The van der Waals surface area contributed by atoms with E-state index in [1.165, 1.54) is 24.3 Å². The summed E-state index contributed by atoms with van der Waals surface area (Å²) < 4.78 is 27.1. The summed E-state index contributed by atoms with van der Waals surface area (Å²) in [5, 5.41) is 8.99. The van der Waals surface area contributed by atoms with Crippen molar-refractivity contribution in [2.24, 2.45) is 0 Å². The van der Waals surface area contributed by atoms with Crippen molar-refractivity contribution in [3.8, 4) is 17.2 Å². The van der Waals surface area contributed by atoms with Crippen molar-refractivity contribution >= 4 is 0 Å². The predicted molar refractivity (Wildman–Crippen MR) is 61.2 cm³/mol. The average Bonchev–Trinajstić information content (AvgIpc) is 2.33. The Morgan fingerprint density at radius 2 is 1.71 bits per heavy atom. The van der Waals surface area contributed by atoms with E-state index in [9.17, 15) is 8.78 Å². The van der Waals surface area contributed by atoms with Crippen molar-refractivity contribution in [3.05, 3.63) is 59.2 Å². The second-order valence-corrected chi connectivity index (χ2v) is 3.74. The molecule has 0 heterocycles. The van der Waals surface area contributed by atoms with Crippen molar-refractivity contribution in [3.63, 3.8) is 0 Å². The summed E-state index contributed by atoms with van der Waals surface area (Å²) in [5.74, 6) is -0.908. The first-order chi connectivity index (χ1) is 8.13. The van der Waals surface area contributed by atoms with E-state index in [2.05, 4.69) is 0 Å². The fourth-order valence-corrected chi connectivity index (χ4v) is 1.68. The maximum atomic E-state index is 13.6. The third kappa shape index (κ3) is 2.02. The fraction of sp³-hybridized carbons (Fsp3) is 0.0714. The van der Waals surface area contributed by atoms with Gasteiger partial charge in [0.2, 0.25) is 0 Å². The molecule has 2 aromatic carbocycles. The molecule has 0 bridgehead atoms. The van der Waals surface area contributed by atoms with Gasteiger partial charge in [-0.15, -0.1) is 0 Å². The normalized spacial score (nSPS) is 10.0. The summed E-state index contributed by atoms with van der Waals surface area (Å²) >= 11 is 0. The van der Waals surface area contributed by atoms with Gasteiger partial charge in [-0.2, -0.15) is 5.26 Å². The molecule has 0 unspecified atom stereocenters. The van der Waals surface area contributed by atoms with Crippen molar-refractivity contribution in [2.75, 3.05) is 0 Å². The van der Waals surface area contributed by atoms with Crippen LogP contribution in [0.1, 0.15) is 11.1 Å². The zero-order valence-electron chi connectivity index (χ0n) is 9.17. The maximum Gasteiger partial charge on any atom is 0.131 e. The molecule has 3 heteroatoms. The minimum atomic E-state index is -0.466. The lowest BCUT2D eigenvalue weighted by molar-refractivity contribution is 0.617. The molecule has 0 amide bonds. The van der Waals surface area contributed by atoms with Crippen molar-refractivity contribution in [1.82, 2.24) is 0 Å². The van der Waals surface area contributed by atoms with Gasteiger partial charge in [0, 0.05) is 11.1 Å². The first-order valence-corrected chi connectivity index (χ1v) is 5.08. The molecule has 0 saturated carbocycles. The van der Waals surface area contributed by atoms with E-state index in [4.69, 9.17) is 5.26 Å². The molecule has 0 saturated heterocycles. The Hall–Kier alpha value is -2.21. The fourth-order valence-electron chi connectivity index (χ4n) is 1.68. The molecule has 0 radical (unpaired) electrons. The minimum absolute atomic E-state index is 0.239. The second-order valence-electron chi connectivity index (χ2n) is 3.74. The van der Waals surface area contributed by atoms with E-state index in [1.807, 2.05) is 6.07 Å². The summed E-state index contributed by atoms with van der Waals surface area (Å²) in [6.07, 6.45) is 0. The van der Waals surface area contributed by atoms with Crippen LogP contribution in [-0.4, -0.2) is 0 Å². The molecule has 0 fully saturated rings. The summed E-state index contributed by atoms with van der Waals surface area (Å²) in [6, 6.07) is 10.6. The van der Waals surface area contributed by atoms with Crippen LogP contribution in [0.25, 0.3) is 11.1 Å². The number of nitrogens with zero attached hydrogens (tertiary/aromatic N) is 1. The van der Waals surface area contributed by atoms with Gasteiger partial charge in [0.1, 0.15) is 11.6 Å². The molecule has 0 aromatic heterocycles. The van der Waals surface area contributed by atoms with Crippen LogP contribution in [0.5, 0.6) is 0 Å². The number of halogens is 2. The first-order valence-electron chi connectivity index (χ1n) is 5.08. The molecule has 17 heavy (non-hydrogen) atoms. The highest BCUT2D eigenvalue weighted by molar-refractivity contribution is 5.71. The SMILES string of the molecule is Cc1cc(C#N)c(-c2ccccc2F)cc1F. The molecule has 0 spiro atoms. The van der Waals surface area contributed by atoms with E-state index in [1.54, 1.807) is 19.1 Å². The largest absolute Gasteiger partial charge is 0.207 e. The zero-order chi connectivity index (χ0) is 12.4. The molecule has 0 aliphatic carbocycles. The highest BCUT2D eigenvalue weighted by atomic mass is 19.1. The number of hydrogen-bond donors (Lipinski definition) is 0. The monoisotopic (exact) mass is 229 g/mol. The Morgan fingerprint density at radius 3 is 2.35 bits per heavy atom. The highest BCUT2D eigenvalue weighted by Crippen LogP contribution is 2.28. The van der Waals surface area contributed by atoms with Crippen LogP contribution in [0.2, 0.25) is 0 Å². The molecular weight excluding hydrogens is 220 g/mol. The average molecular weight is 229 g/mol. The molecular formula is C14H9F2N. The Labute approximate surface area is 97.9 Å². The van der Waals surface area contributed by atoms with Gasteiger partial charge in [0.15, 0.2) is 0 Å². The topological polar surface area (TPSA) is 23.8 Å². The van der Waals surface area contributed by atoms with Crippen LogP contribution in [0.4, 0.5) is 8.78 Å². The summed E-state index contributed by atoms with van der Waals surface area (Å²) in [5.41, 5.74) is 1.17. The Bertz CT molecular complexity index is 612. The Kier molecular flexibility index (Phi) is 2.88. The van der Waals surface area contributed by atoms with Crippen molar-refractivity contribution in [1.29, 1.82) is 5.26 Å². The van der Waals surface area contributed by atoms with Gasteiger partial charge in [0.05, 0.1) is 11.6 Å². The molecule has 0 atom stereocenters. The molecule has 2 aromatic rings. The lowest BCUT2D eigenvalue weighted by Crippen LogP contribution is -1.92. The van der Waals surface area contributed by atoms with Crippen LogP contribution in [0, 0.1) is 29.9 Å². The van der Waals surface area contributed by atoms with Crippen molar-refractivity contribution < 1.29 is 8.78 Å². The lowest BCUT2D eigenvalue weighted by atomic mass is 9.98. The van der Waals surface area contributed by atoms with E-state index in [0.29, 0.717) is 5.56 Å². The third-order valence-electron chi connectivity index (χ3n) is 2.58. The molecule has 0 aliphatic rings. The van der Waals surface area contributed by atoms with Gasteiger partial charge in [-0.3, -0.25) is 0 Å². The van der Waals surface area contributed by atoms with Crippen LogP contribution in [-0.2, 0) is 0 Å². The molecule has 84 valence electrons. The van der Waals surface area contributed by atoms with Crippen LogP contribution < -0.4 is 0 Å². The van der Waals surface area contributed by atoms with Gasteiger partial charge < -0.3 is 0 Å². The van der Waals surface area contributed by atoms with E-state index in [0.717, 1.165) is 0 Å². The minimum Gasteiger partial charge on any atom is -0.207 e. The maximum absolute atomic E-state index is 13.6. The lowest BCUT2D eigenvalue weighted by Gasteiger charge is -2.07. The van der Waals surface area contributed by atoms with E-state index >= 15 is 0 Å². The number of rotatable bonds is 1. The van der Waals surface area contributed by atoms with Gasteiger partial charge in [0.25, 0.3) is 0 Å². The van der Waals surface area contributed by atoms with E-state index < -0.39 is 11.6 Å². The Morgan fingerprint density at radius 1 is 1.00 bits per heavy atom. The van der Waals surface area contributed by atoms with Crippen molar-refractivity contribution in [2.45, 2.75) is 6.92 Å². The summed E-state index contributed by atoms with van der Waals surface area (Å²) in [6.45, 7) is 1.57. The van der Waals surface area contributed by atoms with Gasteiger partial charge in [-0.1, -0.05) is 18.2 Å². The van der Waals surface area contributed by atoms with Crippen LogP contribution >= 0.6 is 0 Å². The smallest absolute Gasteiger partial charge is 0.131 e. The molecule has 1 nitrogen and oxygen atoms in total. The number of nitriles is 1. The first kappa shape index (κ1) is 11.3. The number of hydrogen-bond acceptors (Lipinski definition) is 1. The third-order valence-corrected chi connectivity index (χ3v) is 2.58. The van der Waals surface area contributed by atoms with E-state index in [-0.39, 0.29) is 16.7 Å². The molecule has 0 aliphatic heterocycles. The highest BCUT2D eigenvalue weighted by Gasteiger charge is 2.12. The summed E-state index contributed by atoms with van der Waals surface area (Å²) in [7, 11) is 0.